The fraction of sp³-hybridized carbons (Fsp3) is 0.417. The molecule has 0 fully saturated rings. The average Bonchev–Trinajstić information content (AvgIpc) is 2.26. The van der Waals surface area contributed by atoms with Crippen molar-refractivity contribution in [2.75, 3.05) is 31.6 Å². The molecule has 0 aliphatic carbocycles. The summed E-state index contributed by atoms with van der Waals surface area (Å²) >= 11 is 3.22. The van der Waals surface area contributed by atoms with Gasteiger partial charge >= 0.3 is 6.18 Å². The van der Waals surface area contributed by atoms with Crippen molar-refractivity contribution < 1.29 is 23.1 Å². The number of nitrogens with zero attached hydrogens (tertiary/aromatic N) is 1. The molecule has 1 rings (SSSR count). The Morgan fingerprint density at radius 1 is 1.40 bits per heavy atom. The fourth-order valence-electron chi connectivity index (χ4n) is 1.58. The van der Waals surface area contributed by atoms with Crippen LogP contribution < -0.4 is 5.32 Å². The van der Waals surface area contributed by atoms with Crippen LogP contribution in [0.4, 0.5) is 18.9 Å². The Labute approximate surface area is 122 Å². The zero-order valence-corrected chi connectivity index (χ0v) is 12.0. The molecule has 0 bridgehead atoms. The summed E-state index contributed by atoms with van der Waals surface area (Å²) in [7, 11) is 0. The second-order valence-electron chi connectivity index (χ2n) is 4.11. The summed E-state index contributed by atoms with van der Waals surface area (Å²) in [4.78, 5) is 12.5. The monoisotopic (exact) mass is 354 g/mol. The van der Waals surface area contributed by atoms with Gasteiger partial charge in [0.15, 0.2) is 0 Å². The van der Waals surface area contributed by atoms with Crippen molar-refractivity contribution in [2.45, 2.75) is 6.18 Å². The van der Waals surface area contributed by atoms with Crippen LogP contribution >= 0.6 is 15.9 Å². The van der Waals surface area contributed by atoms with E-state index in [4.69, 9.17) is 5.11 Å². The van der Waals surface area contributed by atoms with E-state index >= 15 is 0 Å². The Balaban J connectivity index is 2.57. The number of nitrogens with one attached hydrogen (secondary N) is 1. The number of aliphatic hydroxyl groups is 1. The predicted octanol–water partition coefficient (Wildman–Crippen LogP) is 2.24. The van der Waals surface area contributed by atoms with Crippen molar-refractivity contribution in [3.8, 4) is 0 Å². The lowest BCUT2D eigenvalue weighted by molar-refractivity contribution is -0.148. The van der Waals surface area contributed by atoms with Gasteiger partial charge in [0, 0.05) is 16.7 Å². The molecule has 1 aromatic rings. The van der Waals surface area contributed by atoms with Gasteiger partial charge in [-0.15, -0.1) is 0 Å². The molecule has 0 radical (unpaired) electrons. The molecule has 0 heterocycles. The molecule has 0 atom stereocenters. The summed E-state index contributed by atoms with van der Waals surface area (Å²) in [6, 6.07) is 6.72. The number of anilines is 1. The number of hydrogen-bond acceptors (Lipinski definition) is 3. The van der Waals surface area contributed by atoms with Crippen LogP contribution in [0.25, 0.3) is 0 Å². The maximum absolute atomic E-state index is 12.3. The summed E-state index contributed by atoms with van der Waals surface area (Å²) < 4.78 is 37.6. The number of alkyl halides is 3. The highest BCUT2D eigenvalue weighted by molar-refractivity contribution is 9.10. The van der Waals surface area contributed by atoms with Gasteiger partial charge in [-0.05, 0) is 18.2 Å². The highest BCUT2D eigenvalue weighted by atomic mass is 79.9. The molecular weight excluding hydrogens is 341 g/mol. The lowest BCUT2D eigenvalue weighted by atomic mass is 10.3. The van der Waals surface area contributed by atoms with Crippen LogP contribution in [0.5, 0.6) is 0 Å². The van der Waals surface area contributed by atoms with Crippen molar-refractivity contribution in [2.24, 2.45) is 0 Å². The van der Waals surface area contributed by atoms with Gasteiger partial charge in [0.2, 0.25) is 5.91 Å². The number of carbonyl (C=O) groups excluding carboxylic acids is 1. The lowest BCUT2D eigenvalue weighted by Crippen LogP contribution is -2.41. The summed E-state index contributed by atoms with van der Waals surface area (Å²) in [5.74, 6) is -0.569. The van der Waals surface area contributed by atoms with E-state index < -0.39 is 31.8 Å². The zero-order valence-electron chi connectivity index (χ0n) is 10.5. The van der Waals surface area contributed by atoms with Crippen LogP contribution in [0, 0.1) is 0 Å². The Hall–Kier alpha value is -1.12. The number of hydrogen-bond donors (Lipinski definition) is 2. The summed E-state index contributed by atoms with van der Waals surface area (Å²) in [6.07, 6.45) is -4.41. The minimum Gasteiger partial charge on any atom is -0.395 e. The standard InChI is InChI=1S/C12H14BrF3N2O2/c13-9-2-1-3-10(6-9)17-11(20)7-18(4-5-19)8-12(14,15)16/h1-3,6,19H,4-5,7-8H2,(H,17,20). The molecule has 0 unspecified atom stereocenters. The van der Waals surface area contributed by atoms with Crippen LogP contribution in [0.15, 0.2) is 28.7 Å². The fourth-order valence-corrected chi connectivity index (χ4v) is 1.98. The van der Waals surface area contributed by atoms with Gasteiger partial charge < -0.3 is 10.4 Å². The smallest absolute Gasteiger partial charge is 0.395 e. The van der Waals surface area contributed by atoms with Crippen LogP contribution in [-0.4, -0.2) is 48.3 Å². The molecule has 1 amide bonds. The number of rotatable bonds is 6. The summed E-state index contributed by atoms with van der Waals surface area (Å²) in [5.41, 5.74) is 0.486. The van der Waals surface area contributed by atoms with Crippen molar-refractivity contribution in [3.63, 3.8) is 0 Å². The molecule has 4 nitrogen and oxygen atoms in total. The van der Waals surface area contributed by atoms with E-state index in [0.29, 0.717) is 5.69 Å². The quantitative estimate of drug-likeness (QED) is 0.823. The van der Waals surface area contributed by atoms with Crippen LogP contribution in [-0.2, 0) is 4.79 Å². The van der Waals surface area contributed by atoms with Gasteiger partial charge in [0.05, 0.1) is 19.7 Å². The van der Waals surface area contributed by atoms with E-state index in [-0.39, 0.29) is 6.54 Å². The first-order chi connectivity index (χ1) is 9.30. The van der Waals surface area contributed by atoms with Gasteiger partial charge in [0.1, 0.15) is 0 Å². The number of carbonyl (C=O) groups is 1. The molecule has 20 heavy (non-hydrogen) atoms. The largest absolute Gasteiger partial charge is 0.401 e. The molecular formula is C12H14BrF3N2O2. The van der Waals surface area contributed by atoms with E-state index in [0.717, 1.165) is 9.37 Å². The van der Waals surface area contributed by atoms with E-state index in [9.17, 15) is 18.0 Å². The third-order valence-corrected chi connectivity index (χ3v) is 2.79. The summed E-state index contributed by atoms with van der Waals surface area (Å²) in [5, 5.41) is 11.2. The number of benzene rings is 1. The third-order valence-electron chi connectivity index (χ3n) is 2.29. The van der Waals surface area contributed by atoms with Crippen LogP contribution in [0.2, 0.25) is 0 Å². The maximum atomic E-state index is 12.3. The Morgan fingerprint density at radius 3 is 2.65 bits per heavy atom. The highest BCUT2D eigenvalue weighted by Gasteiger charge is 2.31. The first-order valence-corrected chi connectivity index (χ1v) is 6.55. The normalized spacial score (nSPS) is 11.7. The van der Waals surface area contributed by atoms with E-state index in [2.05, 4.69) is 21.2 Å². The zero-order chi connectivity index (χ0) is 15.2. The van der Waals surface area contributed by atoms with Crippen molar-refractivity contribution in [1.82, 2.24) is 4.90 Å². The molecule has 0 aromatic heterocycles. The van der Waals surface area contributed by atoms with Gasteiger partial charge in [-0.25, -0.2) is 0 Å². The Kier molecular flexibility index (Phi) is 6.44. The van der Waals surface area contributed by atoms with E-state index in [1.165, 1.54) is 0 Å². The topological polar surface area (TPSA) is 52.6 Å². The molecule has 2 N–H and O–H groups in total. The van der Waals surface area contributed by atoms with Crippen molar-refractivity contribution >= 4 is 27.5 Å². The molecule has 1 aromatic carbocycles. The minimum atomic E-state index is -4.41. The molecule has 0 aliphatic rings. The average molecular weight is 355 g/mol. The molecule has 0 saturated carbocycles. The maximum Gasteiger partial charge on any atom is 0.401 e. The van der Waals surface area contributed by atoms with Crippen molar-refractivity contribution in [3.05, 3.63) is 28.7 Å². The molecule has 0 spiro atoms. The number of amides is 1. The minimum absolute atomic E-state index is 0.217. The molecule has 0 aliphatic heterocycles. The second-order valence-corrected chi connectivity index (χ2v) is 5.02. The van der Waals surface area contributed by atoms with Crippen LogP contribution in [0.3, 0.4) is 0 Å². The SMILES string of the molecule is O=C(CN(CCO)CC(F)(F)F)Nc1cccc(Br)c1. The first-order valence-electron chi connectivity index (χ1n) is 5.75. The third kappa shape index (κ3) is 6.88. The number of halogens is 4. The highest BCUT2D eigenvalue weighted by Crippen LogP contribution is 2.17. The summed E-state index contributed by atoms with van der Waals surface area (Å²) in [6.45, 7) is -2.34. The first kappa shape index (κ1) is 16.9. The Bertz CT molecular complexity index is 455. The van der Waals surface area contributed by atoms with E-state index in [1.54, 1.807) is 24.3 Å². The van der Waals surface area contributed by atoms with Crippen molar-refractivity contribution in [1.29, 1.82) is 0 Å². The molecule has 8 heteroatoms. The van der Waals surface area contributed by atoms with Gasteiger partial charge in [0.25, 0.3) is 0 Å². The number of aliphatic hydroxyl groups excluding tert-OH is 1. The second kappa shape index (κ2) is 7.61. The van der Waals surface area contributed by atoms with E-state index in [1.807, 2.05) is 0 Å². The van der Waals surface area contributed by atoms with Crippen LogP contribution in [0.1, 0.15) is 0 Å². The Morgan fingerprint density at radius 2 is 2.10 bits per heavy atom. The van der Waals surface area contributed by atoms with Gasteiger partial charge in [-0.2, -0.15) is 13.2 Å². The van der Waals surface area contributed by atoms with Gasteiger partial charge in [-0.1, -0.05) is 22.0 Å². The molecule has 0 saturated heterocycles. The predicted molar refractivity (Wildman–Crippen MR) is 72.4 cm³/mol. The molecule has 112 valence electrons. The van der Waals surface area contributed by atoms with Gasteiger partial charge in [-0.3, -0.25) is 9.69 Å². The lowest BCUT2D eigenvalue weighted by Gasteiger charge is -2.22.